The molecule has 0 bridgehead atoms. The van der Waals surface area contributed by atoms with Crippen molar-refractivity contribution in [2.75, 3.05) is 11.4 Å². The number of halogens is 1. The summed E-state index contributed by atoms with van der Waals surface area (Å²) in [6.45, 7) is 5.24. The topological polar surface area (TPSA) is 70.0 Å². The molecule has 0 spiro atoms. The lowest BCUT2D eigenvalue weighted by atomic mass is 9.90. The largest absolute Gasteiger partial charge is 0.364 e. The molecule has 0 aromatic heterocycles. The van der Waals surface area contributed by atoms with E-state index in [9.17, 15) is 14.7 Å². The minimum absolute atomic E-state index is 0.118. The lowest BCUT2D eigenvalue weighted by Gasteiger charge is -2.27. The molecule has 27 heavy (non-hydrogen) atoms. The number of hydrogen-bond acceptors (Lipinski definition) is 4. The van der Waals surface area contributed by atoms with Crippen molar-refractivity contribution >= 4 is 34.7 Å². The number of aliphatic hydroxyl groups is 1. The second-order valence-corrected chi connectivity index (χ2v) is 7.91. The number of benzodiazepines with no additional fused rings is 1. The van der Waals surface area contributed by atoms with Gasteiger partial charge < -0.3 is 10.0 Å². The van der Waals surface area contributed by atoms with Crippen molar-refractivity contribution in [3.63, 3.8) is 0 Å². The number of carbonyl (C=O) groups is 2. The van der Waals surface area contributed by atoms with Crippen LogP contribution in [0.4, 0.5) is 5.69 Å². The number of hydrogen-bond donors (Lipinski definition) is 1. The van der Waals surface area contributed by atoms with E-state index in [-0.39, 0.29) is 12.3 Å². The molecule has 140 valence electrons. The van der Waals surface area contributed by atoms with E-state index < -0.39 is 17.6 Å². The minimum atomic E-state index is -1.60. The summed E-state index contributed by atoms with van der Waals surface area (Å²) in [5.41, 5.74) is 1.69. The zero-order chi connectivity index (χ0) is 19.8. The van der Waals surface area contributed by atoms with Gasteiger partial charge in [-0.2, -0.15) is 0 Å². The van der Waals surface area contributed by atoms with E-state index in [0.29, 0.717) is 22.0 Å². The standard InChI is InChI=1S/C21H21ClN2O3/c1-21(2,3)17(25)12-24-16-10-9-14(22)11-15(16)18(23-19(26)20(24)27)13-7-5-4-6-8-13/h4-11,19,26H,12H2,1-3H3. The van der Waals surface area contributed by atoms with Crippen molar-refractivity contribution in [3.05, 3.63) is 64.7 Å². The maximum absolute atomic E-state index is 12.8. The summed E-state index contributed by atoms with van der Waals surface area (Å²) < 4.78 is 0. The Morgan fingerprint density at radius 3 is 2.48 bits per heavy atom. The quantitative estimate of drug-likeness (QED) is 0.881. The second kappa shape index (κ2) is 7.25. The number of benzene rings is 2. The summed E-state index contributed by atoms with van der Waals surface area (Å²) in [7, 11) is 0. The number of fused-ring (bicyclic) bond motifs is 1. The van der Waals surface area contributed by atoms with Gasteiger partial charge in [0.1, 0.15) is 0 Å². The van der Waals surface area contributed by atoms with Gasteiger partial charge in [0.05, 0.1) is 17.9 Å². The zero-order valence-corrected chi connectivity index (χ0v) is 16.2. The van der Waals surface area contributed by atoms with Crippen molar-refractivity contribution in [2.24, 2.45) is 10.4 Å². The van der Waals surface area contributed by atoms with Crippen LogP contribution in [-0.4, -0.2) is 35.3 Å². The fourth-order valence-corrected chi connectivity index (χ4v) is 2.98. The number of ketones is 1. The lowest BCUT2D eigenvalue weighted by molar-refractivity contribution is -0.130. The molecule has 1 unspecified atom stereocenters. The summed E-state index contributed by atoms with van der Waals surface area (Å²) in [4.78, 5) is 30.9. The molecule has 2 aromatic rings. The SMILES string of the molecule is CC(C)(C)C(=O)CN1C(=O)C(O)N=C(c2ccccc2)c2cc(Cl)ccc21. The van der Waals surface area contributed by atoms with Crippen LogP contribution < -0.4 is 4.90 Å². The van der Waals surface area contributed by atoms with Crippen LogP contribution in [0.15, 0.2) is 53.5 Å². The number of Topliss-reactive ketones (excluding diaryl/α,β-unsaturated/α-hetero) is 1. The average molecular weight is 385 g/mol. The van der Waals surface area contributed by atoms with Gasteiger partial charge in [-0.15, -0.1) is 0 Å². The Kier molecular flexibility index (Phi) is 5.18. The molecule has 1 N–H and O–H groups in total. The van der Waals surface area contributed by atoms with E-state index in [1.165, 1.54) is 4.90 Å². The summed E-state index contributed by atoms with van der Waals surface area (Å²) in [5, 5.41) is 10.9. The Morgan fingerprint density at radius 1 is 1.19 bits per heavy atom. The second-order valence-electron chi connectivity index (χ2n) is 7.48. The van der Waals surface area contributed by atoms with Crippen molar-refractivity contribution in [2.45, 2.75) is 27.0 Å². The molecule has 5 nitrogen and oxygen atoms in total. The van der Waals surface area contributed by atoms with Gasteiger partial charge in [-0.3, -0.25) is 9.59 Å². The molecular weight excluding hydrogens is 364 g/mol. The van der Waals surface area contributed by atoms with Gasteiger partial charge in [0.2, 0.25) is 6.23 Å². The molecule has 0 aliphatic carbocycles. The van der Waals surface area contributed by atoms with Crippen molar-refractivity contribution in [1.82, 2.24) is 0 Å². The normalized spacial score (nSPS) is 17.2. The van der Waals surface area contributed by atoms with Crippen LogP contribution in [0.25, 0.3) is 0 Å². The zero-order valence-electron chi connectivity index (χ0n) is 15.4. The van der Waals surface area contributed by atoms with E-state index in [1.807, 2.05) is 30.3 Å². The first-order chi connectivity index (χ1) is 12.7. The fraction of sp³-hybridized carbons (Fsp3) is 0.286. The molecule has 0 saturated heterocycles. The Morgan fingerprint density at radius 2 is 1.85 bits per heavy atom. The predicted octanol–water partition coefficient (Wildman–Crippen LogP) is 3.46. The highest BCUT2D eigenvalue weighted by molar-refractivity contribution is 6.32. The molecule has 3 rings (SSSR count). The highest BCUT2D eigenvalue weighted by atomic mass is 35.5. The molecular formula is C21H21ClN2O3. The highest BCUT2D eigenvalue weighted by Crippen LogP contribution is 2.31. The van der Waals surface area contributed by atoms with Crippen LogP contribution in [-0.2, 0) is 9.59 Å². The Labute approximate surface area is 163 Å². The summed E-state index contributed by atoms with van der Waals surface area (Å²) in [5.74, 6) is -0.755. The Balaban J connectivity index is 2.16. The molecule has 0 fully saturated rings. The first-order valence-electron chi connectivity index (χ1n) is 8.64. The number of carbonyl (C=O) groups excluding carboxylic acids is 2. The van der Waals surface area contributed by atoms with Crippen molar-refractivity contribution in [3.8, 4) is 0 Å². The van der Waals surface area contributed by atoms with Crippen LogP contribution in [0.3, 0.4) is 0 Å². The molecule has 1 atom stereocenters. The van der Waals surface area contributed by atoms with Gasteiger partial charge in [0, 0.05) is 21.6 Å². The van der Waals surface area contributed by atoms with Crippen molar-refractivity contribution < 1.29 is 14.7 Å². The van der Waals surface area contributed by atoms with Gasteiger partial charge in [-0.25, -0.2) is 4.99 Å². The third-order valence-electron chi connectivity index (χ3n) is 4.43. The van der Waals surface area contributed by atoms with Gasteiger partial charge in [0.15, 0.2) is 5.78 Å². The fourth-order valence-electron chi connectivity index (χ4n) is 2.81. The summed E-state index contributed by atoms with van der Waals surface area (Å²) in [6.07, 6.45) is -1.60. The van der Waals surface area contributed by atoms with E-state index in [4.69, 9.17) is 11.6 Å². The van der Waals surface area contributed by atoms with Crippen molar-refractivity contribution in [1.29, 1.82) is 0 Å². The number of aliphatic hydroxyl groups excluding tert-OH is 1. The number of nitrogens with zero attached hydrogens (tertiary/aromatic N) is 2. The van der Waals surface area contributed by atoms with Gasteiger partial charge in [-0.05, 0) is 18.2 Å². The van der Waals surface area contributed by atoms with Crippen LogP contribution in [0, 0.1) is 5.41 Å². The third-order valence-corrected chi connectivity index (χ3v) is 4.66. The lowest BCUT2D eigenvalue weighted by Crippen LogP contribution is -2.43. The van der Waals surface area contributed by atoms with E-state index in [0.717, 1.165) is 5.56 Å². The molecule has 0 radical (unpaired) electrons. The number of amides is 1. The van der Waals surface area contributed by atoms with Gasteiger partial charge >= 0.3 is 0 Å². The Bertz CT molecular complexity index is 917. The number of rotatable bonds is 3. The maximum Gasteiger partial charge on any atom is 0.279 e. The third kappa shape index (κ3) is 3.94. The van der Waals surface area contributed by atoms with E-state index in [1.54, 1.807) is 39.0 Å². The van der Waals surface area contributed by atoms with Gasteiger partial charge in [0.25, 0.3) is 5.91 Å². The molecule has 1 amide bonds. The first-order valence-corrected chi connectivity index (χ1v) is 9.02. The molecule has 2 aromatic carbocycles. The average Bonchev–Trinajstić information content (AvgIpc) is 2.72. The number of anilines is 1. The summed E-state index contributed by atoms with van der Waals surface area (Å²) in [6, 6.07) is 14.3. The van der Waals surface area contributed by atoms with E-state index in [2.05, 4.69) is 4.99 Å². The van der Waals surface area contributed by atoms with Crippen LogP contribution in [0.5, 0.6) is 0 Å². The molecule has 1 aliphatic rings. The minimum Gasteiger partial charge on any atom is -0.364 e. The smallest absolute Gasteiger partial charge is 0.279 e. The monoisotopic (exact) mass is 384 g/mol. The summed E-state index contributed by atoms with van der Waals surface area (Å²) >= 11 is 6.19. The molecule has 1 aliphatic heterocycles. The van der Waals surface area contributed by atoms with Crippen LogP contribution in [0.1, 0.15) is 31.9 Å². The molecule has 6 heteroatoms. The van der Waals surface area contributed by atoms with Crippen LogP contribution in [0.2, 0.25) is 5.02 Å². The van der Waals surface area contributed by atoms with E-state index >= 15 is 0 Å². The number of aliphatic imine (C=N–C) groups is 1. The van der Waals surface area contributed by atoms with Crippen LogP contribution >= 0.6 is 11.6 Å². The maximum atomic E-state index is 12.8. The first kappa shape index (κ1) is 19.3. The Hall–Kier alpha value is -2.50. The highest BCUT2D eigenvalue weighted by Gasteiger charge is 2.34. The van der Waals surface area contributed by atoms with Gasteiger partial charge in [-0.1, -0.05) is 62.7 Å². The molecule has 1 heterocycles. The predicted molar refractivity (Wildman–Crippen MR) is 106 cm³/mol. The molecule has 0 saturated carbocycles.